The molecule has 7 rings (SSSR count). The molecule has 230 valence electrons. The van der Waals surface area contributed by atoms with Gasteiger partial charge >= 0.3 is 6.18 Å². The molecule has 0 unspecified atom stereocenters. The van der Waals surface area contributed by atoms with Gasteiger partial charge in [0.25, 0.3) is 17.7 Å². The number of rotatable bonds is 7. The molecule has 3 aromatic carbocycles. The number of amides is 3. The maximum absolute atomic E-state index is 13.6. The number of methoxy groups -OCH3 is 1. The second-order valence-corrected chi connectivity index (χ2v) is 11.3. The number of benzene rings is 3. The summed E-state index contributed by atoms with van der Waals surface area (Å²) in [5, 5.41) is 5.98. The van der Waals surface area contributed by atoms with Gasteiger partial charge in [-0.2, -0.15) is 13.2 Å². The number of oxazole rings is 1. The summed E-state index contributed by atoms with van der Waals surface area (Å²) < 4.78 is 52.9. The number of ether oxygens (including phenoxy) is 1. The molecule has 6 aromatic rings. The van der Waals surface area contributed by atoms with Crippen molar-refractivity contribution in [3.63, 3.8) is 0 Å². The number of nitrogens with one attached hydrogen (secondary N) is 1. The van der Waals surface area contributed by atoms with Gasteiger partial charge < -0.3 is 14.5 Å². The van der Waals surface area contributed by atoms with Crippen LogP contribution in [-0.4, -0.2) is 39.7 Å². The number of nitrogens with zero attached hydrogens (tertiary/aromatic N) is 3. The van der Waals surface area contributed by atoms with Crippen LogP contribution in [0.4, 0.5) is 13.2 Å². The molecule has 0 spiro atoms. The Labute approximate surface area is 262 Å². The molecule has 4 heterocycles. The number of aromatic nitrogens is 2. The zero-order valence-electron chi connectivity index (χ0n) is 23.8. The summed E-state index contributed by atoms with van der Waals surface area (Å²) in [5.74, 6) is -1.87. The van der Waals surface area contributed by atoms with Crippen molar-refractivity contribution in [2.24, 2.45) is 0 Å². The number of halogens is 3. The highest BCUT2D eigenvalue weighted by molar-refractivity contribution is 7.17. The topological polar surface area (TPSA) is 115 Å². The maximum atomic E-state index is 13.6. The molecule has 1 aliphatic heterocycles. The van der Waals surface area contributed by atoms with Crippen molar-refractivity contribution in [1.82, 2.24) is 20.2 Å². The minimum atomic E-state index is -4.70. The van der Waals surface area contributed by atoms with E-state index in [1.165, 1.54) is 48.8 Å². The molecule has 0 fully saturated rings. The average molecular weight is 643 g/mol. The highest BCUT2D eigenvalue weighted by Crippen LogP contribution is 2.37. The molecule has 3 aromatic heterocycles. The Morgan fingerprint density at radius 3 is 2.35 bits per heavy atom. The first kappa shape index (κ1) is 29.2. The molecule has 0 aliphatic carbocycles. The van der Waals surface area contributed by atoms with E-state index in [1.54, 1.807) is 12.1 Å². The number of imide groups is 1. The fraction of sp³-hybridized carbons (Fsp3) is 0.121. The molecule has 0 atom stereocenters. The van der Waals surface area contributed by atoms with E-state index in [4.69, 9.17) is 9.15 Å². The van der Waals surface area contributed by atoms with Gasteiger partial charge in [-0.3, -0.25) is 19.3 Å². The first-order chi connectivity index (χ1) is 22.1. The van der Waals surface area contributed by atoms with Gasteiger partial charge in [0.05, 0.1) is 24.8 Å². The monoisotopic (exact) mass is 642 g/mol. The fourth-order valence-corrected chi connectivity index (χ4v) is 6.37. The second-order valence-electron chi connectivity index (χ2n) is 10.4. The Morgan fingerprint density at radius 2 is 1.63 bits per heavy atom. The van der Waals surface area contributed by atoms with Crippen molar-refractivity contribution >= 4 is 50.0 Å². The SMILES string of the molecule is COc1ccc(-c2nc(C(=O)NCc3csc4ccccc34)c(CN3C(=O)c4ccccc4C3=O)o2)c2ccc(C(F)(F)F)nc12. The van der Waals surface area contributed by atoms with E-state index < -0.39 is 36.1 Å². The highest BCUT2D eigenvalue weighted by Gasteiger charge is 2.38. The minimum absolute atomic E-state index is 0.0824. The number of hydrogen-bond donors (Lipinski definition) is 1. The van der Waals surface area contributed by atoms with Crippen LogP contribution in [0.25, 0.3) is 32.4 Å². The van der Waals surface area contributed by atoms with Crippen LogP contribution in [0.3, 0.4) is 0 Å². The van der Waals surface area contributed by atoms with Gasteiger partial charge in [-0.15, -0.1) is 11.3 Å². The van der Waals surface area contributed by atoms with Crippen molar-refractivity contribution in [2.45, 2.75) is 19.3 Å². The summed E-state index contributed by atoms with van der Waals surface area (Å²) in [5.41, 5.74) is 0.150. The van der Waals surface area contributed by atoms with E-state index in [1.807, 2.05) is 29.6 Å². The molecule has 1 aliphatic rings. The van der Waals surface area contributed by atoms with E-state index in [9.17, 15) is 27.6 Å². The maximum Gasteiger partial charge on any atom is 0.433 e. The molecule has 3 amide bonds. The molecule has 0 bridgehead atoms. The molecule has 0 saturated heterocycles. The smallest absolute Gasteiger partial charge is 0.433 e. The lowest BCUT2D eigenvalue weighted by Gasteiger charge is -2.13. The van der Waals surface area contributed by atoms with E-state index in [2.05, 4.69) is 15.3 Å². The number of fused-ring (bicyclic) bond motifs is 3. The second kappa shape index (κ2) is 11.1. The quantitative estimate of drug-likeness (QED) is 0.189. The zero-order valence-corrected chi connectivity index (χ0v) is 24.7. The Bertz CT molecular complexity index is 2170. The number of hydrogen-bond acceptors (Lipinski definition) is 8. The molecule has 0 radical (unpaired) electrons. The molecule has 1 N–H and O–H groups in total. The molecular weight excluding hydrogens is 621 g/mol. The van der Waals surface area contributed by atoms with E-state index in [-0.39, 0.29) is 57.2 Å². The first-order valence-electron chi connectivity index (χ1n) is 13.9. The van der Waals surface area contributed by atoms with E-state index in [0.717, 1.165) is 26.6 Å². The lowest BCUT2D eigenvalue weighted by Crippen LogP contribution is -2.31. The predicted octanol–water partition coefficient (Wildman–Crippen LogP) is 6.86. The molecule has 46 heavy (non-hydrogen) atoms. The number of thiophene rings is 1. The number of alkyl halides is 3. The zero-order chi connectivity index (χ0) is 32.2. The summed E-state index contributed by atoms with van der Waals surface area (Å²) in [6.07, 6.45) is -4.70. The number of carbonyl (C=O) groups excluding carboxylic acids is 3. The van der Waals surface area contributed by atoms with Gasteiger partial charge in [-0.1, -0.05) is 30.3 Å². The van der Waals surface area contributed by atoms with Crippen LogP contribution in [-0.2, 0) is 19.3 Å². The van der Waals surface area contributed by atoms with Crippen molar-refractivity contribution < 1.29 is 36.7 Å². The molecular formula is C33H21F3N4O5S. The van der Waals surface area contributed by atoms with Crippen LogP contribution in [0.15, 0.2) is 82.6 Å². The van der Waals surface area contributed by atoms with Crippen molar-refractivity contribution in [3.8, 4) is 17.2 Å². The van der Waals surface area contributed by atoms with Crippen molar-refractivity contribution in [1.29, 1.82) is 0 Å². The van der Waals surface area contributed by atoms with Gasteiger partial charge in [0.2, 0.25) is 5.89 Å². The highest BCUT2D eigenvalue weighted by atomic mass is 32.1. The third kappa shape index (κ3) is 4.94. The van der Waals surface area contributed by atoms with Gasteiger partial charge in [0.1, 0.15) is 17.0 Å². The molecule has 9 nitrogen and oxygen atoms in total. The number of carbonyl (C=O) groups is 3. The lowest BCUT2D eigenvalue weighted by atomic mass is 10.1. The van der Waals surface area contributed by atoms with E-state index >= 15 is 0 Å². The standard InChI is InChI=1S/C33H21F3N4O5S/c1-44-23-12-10-20(19-11-13-26(33(34,35)36)38-27(19)23)30-39-28(29(41)37-14-17-16-46-25-9-5-4-6-18(17)25)24(45-30)15-40-31(42)21-7-2-3-8-22(21)32(40)43/h2-13,16H,14-15H2,1H3,(H,37,41). The van der Waals surface area contributed by atoms with Crippen molar-refractivity contribution in [3.05, 3.63) is 112 Å². The van der Waals surface area contributed by atoms with Gasteiger partial charge in [-0.05, 0) is 58.8 Å². The van der Waals surface area contributed by atoms with Gasteiger partial charge in [-0.25, -0.2) is 9.97 Å². The normalized spacial score (nSPS) is 13.1. The van der Waals surface area contributed by atoms with Gasteiger partial charge in [0.15, 0.2) is 11.5 Å². The summed E-state index contributed by atoms with van der Waals surface area (Å²) >= 11 is 1.53. The fourth-order valence-electron chi connectivity index (χ4n) is 5.41. The summed E-state index contributed by atoms with van der Waals surface area (Å²) in [6.45, 7) is -0.249. The Balaban J connectivity index is 1.29. The minimum Gasteiger partial charge on any atom is -0.494 e. The average Bonchev–Trinajstić information content (AvgIpc) is 3.74. The van der Waals surface area contributed by atoms with Crippen molar-refractivity contribution in [2.75, 3.05) is 7.11 Å². The Morgan fingerprint density at radius 1 is 0.913 bits per heavy atom. The Hall–Kier alpha value is -5.56. The largest absolute Gasteiger partial charge is 0.494 e. The predicted molar refractivity (Wildman–Crippen MR) is 162 cm³/mol. The van der Waals surface area contributed by atoms with Crippen LogP contribution >= 0.6 is 11.3 Å². The number of pyridine rings is 1. The molecule has 0 saturated carbocycles. The summed E-state index contributed by atoms with van der Waals surface area (Å²) in [7, 11) is 1.31. The van der Waals surface area contributed by atoms with Crippen LogP contribution in [0, 0.1) is 0 Å². The van der Waals surface area contributed by atoms with E-state index in [0.29, 0.717) is 0 Å². The van der Waals surface area contributed by atoms with Crippen LogP contribution in [0.1, 0.15) is 48.2 Å². The molecule has 13 heteroatoms. The first-order valence-corrected chi connectivity index (χ1v) is 14.8. The summed E-state index contributed by atoms with van der Waals surface area (Å²) in [4.78, 5) is 49.2. The van der Waals surface area contributed by atoms with Crippen LogP contribution < -0.4 is 10.1 Å². The summed E-state index contributed by atoms with van der Waals surface area (Å²) in [6, 6.07) is 19.1. The third-order valence-corrected chi connectivity index (χ3v) is 8.67. The van der Waals surface area contributed by atoms with Crippen LogP contribution in [0.2, 0.25) is 0 Å². The Kier molecular flexibility index (Phi) is 7.04. The van der Waals surface area contributed by atoms with Gasteiger partial charge in [0, 0.05) is 22.2 Å². The van der Waals surface area contributed by atoms with Crippen LogP contribution in [0.5, 0.6) is 5.75 Å². The lowest BCUT2D eigenvalue weighted by molar-refractivity contribution is -0.140. The third-order valence-electron chi connectivity index (χ3n) is 7.65.